The number of hydrogen-bond acceptors (Lipinski definition) is 6. The minimum Gasteiger partial charge on any atom is -0.459 e. The van der Waals surface area contributed by atoms with Crippen molar-refractivity contribution in [3.05, 3.63) is 65.7 Å². The van der Waals surface area contributed by atoms with Gasteiger partial charge in [0.15, 0.2) is 0 Å². The summed E-state index contributed by atoms with van der Waals surface area (Å²) in [5, 5.41) is 2.58. The molecule has 1 amide bonds. The van der Waals surface area contributed by atoms with E-state index >= 15 is 0 Å². The van der Waals surface area contributed by atoms with Gasteiger partial charge in [-0.2, -0.15) is 0 Å². The summed E-state index contributed by atoms with van der Waals surface area (Å²) in [7, 11) is 0. The van der Waals surface area contributed by atoms with Crippen molar-refractivity contribution in [3.8, 4) is 5.75 Å². The van der Waals surface area contributed by atoms with Crippen LogP contribution in [-0.4, -0.2) is 29.7 Å². The molecule has 0 aliphatic carbocycles. The minimum absolute atomic E-state index is 0.0948. The summed E-state index contributed by atoms with van der Waals surface area (Å²) < 4.78 is 15.7. The molecule has 0 unspecified atom stereocenters. The normalized spacial score (nSPS) is 11.9. The van der Waals surface area contributed by atoms with Gasteiger partial charge in [-0.15, -0.1) is 0 Å². The first-order valence-corrected chi connectivity index (χ1v) is 9.60. The highest BCUT2D eigenvalue weighted by atomic mass is 16.6. The maximum absolute atomic E-state index is 12.7. The molecule has 0 aliphatic rings. The molecule has 30 heavy (non-hydrogen) atoms. The lowest BCUT2D eigenvalue weighted by Crippen LogP contribution is -2.45. The number of benzene rings is 2. The third-order valence-electron chi connectivity index (χ3n) is 3.82. The van der Waals surface area contributed by atoms with Crippen LogP contribution in [0.2, 0.25) is 0 Å². The quantitative estimate of drug-likeness (QED) is 0.549. The van der Waals surface area contributed by atoms with Crippen LogP contribution in [0, 0.1) is 0 Å². The molecule has 0 saturated carbocycles. The lowest BCUT2D eigenvalue weighted by molar-refractivity contribution is -0.147. The predicted molar refractivity (Wildman–Crippen MR) is 111 cm³/mol. The van der Waals surface area contributed by atoms with Gasteiger partial charge >= 0.3 is 18.0 Å². The number of amides is 1. The van der Waals surface area contributed by atoms with Crippen molar-refractivity contribution in [2.45, 2.75) is 52.4 Å². The molecule has 2 rings (SSSR count). The van der Waals surface area contributed by atoms with Crippen molar-refractivity contribution >= 4 is 18.0 Å². The molecule has 2 aromatic carbocycles. The highest BCUT2D eigenvalue weighted by Crippen LogP contribution is 2.15. The number of carbonyl (C=O) groups is 3. The average Bonchev–Trinajstić information content (AvgIpc) is 2.66. The summed E-state index contributed by atoms with van der Waals surface area (Å²) in [5.41, 5.74) is 0.894. The van der Waals surface area contributed by atoms with E-state index in [1.165, 1.54) is 6.92 Å². The zero-order valence-corrected chi connectivity index (χ0v) is 17.6. The zero-order chi connectivity index (χ0) is 22.1. The van der Waals surface area contributed by atoms with Gasteiger partial charge in [0.25, 0.3) is 0 Å². The predicted octanol–water partition coefficient (Wildman–Crippen LogP) is 3.79. The van der Waals surface area contributed by atoms with Gasteiger partial charge in [0.2, 0.25) is 0 Å². The summed E-state index contributed by atoms with van der Waals surface area (Å²) in [6, 6.07) is 15.0. The number of ether oxygens (including phenoxy) is 3. The second-order valence-electron chi connectivity index (χ2n) is 7.73. The molecule has 0 heterocycles. The van der Waals surface area contributed by atoms with E-state index in [9.17, 15) is 14.4 Å². The lowest BCUT2D eigenvalue weighted by Gasteiger charge is -2.23. The van der Waals surface area contributed by atoms with E-state index in [2.05, 4.69) is 5.32 Å². The number of hydrogen-bond donors (Lipinski definition) is 1. The van der Waals surface area contributed by atoms with Gasteiger partial charge in [0.1, 0.15) is 24.0 Å². The van der Waals surface area contributed by atoms with Crippen LogP contribution in [0.3, 0.4) is 0 Å². The lowest BCUT2D eigenvalue weighted by atomic mass is 10.1. The number of esters is 2. The van der Waals surface area contributed by atoms with Crippen molar-refractivity contribution in [1.82, 2.24) is 5.32 Å². The first-order valence-electron chi connectivity index (χ1n) is 9.60. The van der Waals surface area contributed by atoms with Gasteiger partial charge in [-0.25, -0.2) is 9.59 Å². The monoisotopic (exact) mass is 413 g/mol. The highest BCUT2D eigenvalue weighted by Gasteiger charge is 2.26. The molecule has 0 saturated heterocycles. The van der Waals surface area contributed by atoms with Crippen LogP contribution in [0.1, 0.15) is 38.8 Å². The van der Waals surface area contributed by atoms with Crippen molar-refractivity contribution in [1.29, 1.82) is 0 Å². The Kier molecular flexibility index (Phi) is 7.98. The topological polar surface area (TPSA) is 90.9 Å². The first kappa shape index (κ1) is 22.9. The average molecular weight is 413 g/mol. The van der Waals surface area contributed by atoms with Crippen LogP contribution in [0.5, 0.6) is 5.75 Å². The van der Waals surface area contributed by atoms with Crippen LogP contribution < -0.4 is 10.1 Å². The van der Waals surface area contributed by atoms with Gasteiger partial charge in [-0.3, -0.25) is 4.79 Å². The van der Waals surface area contributed by atoms with Crippen LogP contribution in [0.4, 0.5) is 4.79 Å². The summed E-state index contributed by atoms with van der Waals surface area (Å²) in [6.07, 6.45) is -0.520. The van der Waals surface area contributed by atoms with E-state index in [1.807, 2.05) is 30.3 Å². The SMILES string of the molecule is CC(=O)Oc1ccc(C[C@H](NC(=O)OC(C)(C)C)C(=O)OCc2ccccc2)cc1. The molecular weight excluding hydrogens is 386 g/mol. The maximum atomic E-state index is 12.7. The van der Waals surface area contributed by atoms with Crippen LogP contribution in [0.25, 0.3) is 0 Å². The molecule has 0 spiro atoms. The van der Waals surface area contributed by atoms with Crippen molar-refractivity contribution in [3.63, 3.8) is 0 Å². The number of nitrogens with one attached hydrogen (secondary N) is 1. The maximum Gasteiger partial charge on any atom is 0.408 e. The zero-order valence-electron chi connectivity index (χ0n) is 17.6. The second kappa shape index (κ2) is 10.4. The first-order chi connectivity index (χ1) is 14.1. The molecule has 0 radical (unpaired) electrons. The fourth-order valence-electron chi connectivity index (χ4n) is 2.57. The summed E-state index contributed by atoms with van der Waals surface area (Å²) in [5.74, 6) is -0.597. The third kappa shape index (κ3) is 8.34. The summed E-state index contributed by atoms with van der Waals surface area (Å²) in [6.45, 7) is 6.63. The third-order valence-corrected chi connectivity index (χ3v) is 3.82. The smallest absolute Gasteiger partial charge is 0.408 e. The van der Waals surface area contributed by atoms with E-state index < -0.39 is 29.7 Å². The second-order valence-corrected chi connectivity index (χ2v) is 7.73. The van der Waals surface area contributed by atoms with Gasteiger partial charge in [0.05, 0.1) is 0 Å². The summed E-state index contributed by atoms with van der Waals surface area (Å²) >= 11 is 0. The fourth-order valence-corrected chi connectivity index (χ4v) is 2.57. The van der Waals surface area contributed by atoms with Crippen molar-refractivity contribution in [2.75, 3.05) is 0 Å². The number of carbonyl (C=O) groups excluding carboxylic acids is 3. The number of alkyl carbamates (subject to hydrolysis) is 1. The Bertz CT molecular complexity index is 856. The standard InChI is InChI=1S/C23H27NO6/c1-16(25)29-19-12-10-17(11-13-19)14-20(24-22(27)30-23(2,3)4)21(26)28-15-18-8-6-5-7-9-18/h5-13,20H,14-15H2,1-4H3,(H,24,27)/t20-/m0/s1. The Morgan fingerprint density at radius 2 is 1.57 bits per heavy atom. The van der Waals surface area contributed by atoms with E-state index in [0.29, 0.717) is 5.75 Å². The van der Waals surface area contributed by atoms with E-state index in [4.69, 9.17) is 14.2 Å². The molecule has 0 aliphatic heterocycles. The Morgan fingerprint density at radius 3 is 2.13 bits per heavy atom. The molecule has 0 fully saturated rings. The van der Waals surface area contributed by atoms with Crippen molar-refractivity contribution < 1.29 is 28.6 Å². The fraction of sp³-hybridized carbons (Fsp3) is 0.348. The van der Waals surface area contributed by atoms with Crippen LogP contribution in [-0.2, 0) is 32.1 Å². The Hall–Kier alpha value is -3.35. The molecule has 160 valence electrons. The van der Waals surface area contributed by atoms with E-state index in [0.717, 1.165) is 11.1 Å². The van der Waals surface area contributed by atoms with Gasteiger partial charge in [0, 0.05) is 13.3 Å². The molecule has 7 heteroatoms. The van der Waals surface area contributed by atoms with Gasteiger partial charge < -0.3 is 19.5 Å². The molecule has 1 atom stereocenters. The molecular formula is C23H27NO6. The molecule has 1 N–H and O–H groups in total. The van der Waals surface area contributed by atoms with Gasteiger partial charge in [-0.1, -0.05) is 42.5 Å². The largest absolute Gasteiger partial charge is 0.459 e. The number of rotatable bonds is 7. The van der Waals surface area contributed by atoms with Crippen LogP contribution >= 0.6 is 0 Å². The molecule has 0 bridgehead atoms. The Balaban J connectivity index is 2.08. The Morgan fingerprint density at radius 1 is 0.933 bits per heavy atom. The molecule has 0 aromatic heterocycles. The van der Waals surface area contributed by atoms with Crippen LogP contribution in [0.15, 0.2) is 54.6 Å². The summed E-state index contributed by atoms with van der Waals surface area (Å²) in [4.78, 5) is 35.9. The van der Waals surface area contributed by atoms with E-state index in [-0.39, 0.29) is 13.0 Å². The highest BCUT2D eigenvalue weighted by molar-refractivity contribution is 5.81. The minimum atomic E-state index is -0.942. The van der Waals surface area contributed by atoms with Gasteiger partial charge in [-0.05, 0) is 44.0 Å². The molecule has 2 aromatic rings. The molecule has 7 nitrogen and oxygen atoms in total. The van der Waals surface area contributed by atoms with Crippen molar-refractivity contribution in [2.24, 2.45) is 0 Å². The van der Waals surface area contributed by atoms with E-state index in [1.54, 1.807) is 45.0 Å². The Labute approximate surface area is 176 Å².